The molecule has 26 heavy (non-hydrogen) atoms. The second-order valence-electron chi connectivity index (χ2n) is 7.48. The van der Waals surface area contributed by atoms with Gasteiger partial charge in [-0.05, 0) is 42.4 Å². The first kappa shape index (κ1) is 15.8. The fourth-order valence-electron chi connectivity index (χ4n) is 3.65. The van der Waals surface area contributed by atoms with E-state index in [-0.39, 0.29) is 0 Å². The molecule has 2 aliphatic rings. The summed E-state index contributed by atoms with van der Waals surface area (Å²) < 4.78 is 7.81. The largest absolute Gasteiger partial charge is 0.379 e. The minimum atomic E-state index is 0.474. The van der Waals surface area contributed by atoms with Gasteiger partial charge in [-0.2, -0.15) is 0 Å². The molecule has 0 bridgehead atoms. The summed E-state index contributed by atoms with van der Waals surface area (Å²) in [7, 11) is 0. The summed E-state index contributed by atoms with van der Waals surface area (Å²) in [6.07, 6.45) is 8.56. The molecule has 4 heterocycles. The van der Waals surface area contributed by atoms with Gasteiger partial charge in [0.25, 0.3) is 0 Å². The lowest BCUT2D eigenvalue weighted by Crippen LogP contribution is -2.30. The Bertz CT molecular complexity index is 933. The Morgan fingerprint density at radius 2 is 2.08 bits per heavy atom. The van der Waals surface area contributed by atoms with Crippen LogP contribution in [0.2, 0.25) is 0 Å². The van der Waals surface area contributed by atoms with Crippen LogP contribution in [0.15, 0.2) is 36.8 Å². The highest BCUT2D eigenvalue weighted by Gasteiger charge is 2.24. The Kier molecular flexibility index (Phi) is 3.85. The monoisotopic (exact) mass is 349 g/mol. The van der Waals surface area contributed by atoms with Gasteiger partial charge in [0.15, 0.2) is 0 Å². The number of ether oxygens (including phenoxy) is 1. The van der Waals surface area contributed by atoms with Crippen molar-refractivity contribution in [3.63, 3.8) is 0 Å². The zero-order valence-electron chi connectivity index (χ0n) is 15.0. The second-order valence-corrected chi connectivity index (χ2v) is 7.48. The molecule has 3 aromatic rings. The van der Waals surface area contributed by atoms with E-state index in [0.717, 1.165) is 49.3 Å². The molecule has 5 rings (SSSR count). The average molecular weight is 349 g/mol. The van der Waals surface area contributed by atoms with Gasteiger partial charge in [0.1, 0.15) is 5.65 Å². The third kappa shape index (κ3) is 2.94. The summed E-state index contributed by atoms with van der Waals surface area (Å²) in [5.41, 5.74) is 4.28. The maximum absolute atomic E-state index is 5.65. The molecule has 0 radical (unpaired) electrons. The number of imidazole rings is 1. The van der Waals surface area contributed by atoms with Crippen LogP contribution in [0, 0.1) is 5.92 Å². The lowest BCUT2D eigenvalue weighted by molar-refractivity contribution is 0.129. The van der Waals surface area contributed by atoms with Gasteiger partial charge < -0.3 is 9.64 Å². The molecule has 6 nitrogen and oxygen atoms in total. The Morgan fingerprint density at radius 1 is 1.15 bits per heavy atom. The highest BCUT2D eigenvalue weighted by atomic mass is 16.5. The molecule has 0 N–H and O–H groups in total. The van der Waals surface area contributed by atoms with E-state index in [1.165, 1.54) is 18.4 Å². The number of rotatable bonds is 3. The van der Waals surface area contributed by atoms with Gasteiger partial charge >= 0.3 is 0 Å². The van der Waals surface area contributed by atoms with Crippen LogP contribution in [0.4, 0.5) is 5.95 Å². The summed E-state index contributed by atoms with van der Waals surface area (Å²) in [5, 5.41) is 0. The highest BCUT2D eigenvalue weighted by Crippen LogP contribution is 2.40. The van der Waals surface area contributed by atoms with E-state index < -0.39 is 0 Å². The van der Waals surface area contributed by atoms with E-state index in [4.69, 9.17) is 9.72 Å². The molecule has 0 aromatic carbocycles. The standard InChI is InChI=1S/C20H23N5O/c1-14-11-24(8-9-26-13-14)20-21-7-6-17(23-20)18-10-22-19-5-4-16(12-25(18)19)15-2-3-15/h4-7,10,12,14-15H,2-3,8-9,11,13H2,1H3. The van der Waals surface area contributed by atoms with Crippen molar-refractivity contribution < 1.29 is 4.74 Å². The summed E-state index contributed by atoms with van der Waals surface area (Å²) >= 11 is 0. The molecule has 1 saturated heterocycles. The third-order valence-corrected chi connectivity index (χ3v) is 5.21. The van der Waals surface area contributed by atoms with Crippen molar-refractivity contribution in [2.45, 2.75) is 25.7 Å². The van der Waals surface area contributed by atoms with Crippen molar-refractivity contribution in [2.24, 2.45) is 5.92 Å². The smallest absolute Gasteiger partial charge is 0.225 e. The zero-order valence-corrected chi connectivity index (χ0v) is 15.0. The molecule has 0 spiro atoms. The molecule has 1 aliphatic heterocycles. The van der Waals surface area contributed by atoms with Crippen molar-refractivity contribution in [1.29, 1.82) is 0 Å². The lowest BCUT2D eigenvalue weighted by atomic mass is 10.2. The van der Waals surface area contributed by atoms with Crippen molar-refractivity contribution in [2.75, 3.05) is 31.2 Å². The molecule has 1 atom stereocenters. The highest BCUT2D eigenvalue weighted by molar-refractivity contribution is 5.61. The molecule has 134 valence electrons. The fraction of sp³-hybridized carbons (Fsp3) is 0.450. The van der Waals surface area contributed by atoms with E-state index in [9.17, 15) is 0 Å². The topological polar surface area (TPSA) is 55.5 Å². The molecule has 3 aromatic heterocycles. The molecule has 1 aliphatic carbocycles. The van der Waals surface area contributed by atoms with Gasteiger partial charge in [-0.25, -0.2) is 15.0 Å². The van der Waals surface area contributed by atoms with Crippen molar-refractivity contribution in [1.82, 2.24) is 19.4 Å². The van der Waals surface area contributed by atoms with E-state index in [1.807, 2.05) is 18.5 Å². The van der Waals surface area contributed by atoms with Crippen LogP contribution in [0.5, 0.6) is 0 Å². The number of aromatic nitrogens is 4. The summed E-state index contributed by atoms with van der Waals surface area (Å²) in [6, 6.07) is 6.27. The van der Waals surface area contributed by atoms with Gasteiger partial charge in [0, 0.05) is 25.5 Å². The number of hydrogen-bond donors (Lipinski definition) is 0. The van der Waals surface area contributed by atoms with E-state index in [2.05, 4.69) is 44.5 Å². The van der Waals surface area contributed by atoms with Gasteiger partial charge in [-0.15, -0.1) is 0 Å². The molecule has 0 amide bonds. The van der Waals surface area contributed by atoms with Crippen LogP contribution in [0.3, 0.4) is 0 Å². The van der Waals surface area contributed by atoms with Gasteiger partial charge in [0.05, 0.1) is 30.8 Å². The Morgan fingerprint density at radius 3 is 2.96 bits per heavy atom. The van der Waals surface area contributed by atoms with Crippen LogP contribution in [-0.4, -0.2) is 45.7 Å². The lowest BCUT2D eigenvalue weighted by Gasteiger charge is -2.21. The van der Waals surface area contributed by atoms with Crippen LogP contribution in [0.25, 0.3) is 17.0 Å². The van der Waals surface area contributed by atoms with E-state index in [0.29, 0.717) is 11.8 Å². The summed E-state index contributed by atoms with van der Waals surface area (Å²) in [5.74, 6) is 1.96. The normalized spacial score (nSPS) is 21.1. The van der Waals surface area contributed by atoms with Crippen molar-refractivity contribution in [3.05, 3.63) is 42.4 Å². The minimum absolute atomic E-state index is 0.474. The molecular formula is C20H23N5O. The number of nitrogens with zero attached hydrogens (tertiary/aromatic N) is 5. The van der Waals surface area contributed by atoms with Crippen LogP contribution < -0.4 is 4.90 Å². The van der Waals surface area contributed by atoms with Gasteiger partial charge in [-0.1, -0.05) is 13.0 Å². The molecular weight excluding hydrogens is 326 g/mol. The number of anilines is 1. The predicted octanol–water partition coefficient (Wildman–Crippen LogP) is 3.14. The van der Waals surface area contributed by atoms with Crippen LogP contribution in [-0.2, 0) is 4.74 Å². The van der Waals surface area contributed by atoms with E-state index >= 15 is 0 Å². The molecule has 2 fully saturated rings. The minimum Gasteiger partial charge on any atom is -0.379 e. The molecule has 1 unspecified atom stereocenters. The van der Waals surface area contributed by atoms with Crippen molar-refractivity contribution in [3.8, 4) is 11.4 Å². The van der Waals surface area contributed by atoms with Gasteiger partial charge in [-0.3, -0.25) is 4.40 Å². The van der Waals surface area contributed by atoms with Crippen LogP contribution >= 0.6 is 0 Å². The Hall–Kier alpha value is -2.47. The zero-order chi connectivity index (χ0) is 17.5. The first-order chi connectivity index (χ1) is 12.8. The first-order valence-electron chi connectivity index (χ1n) is 9.41. The number of pyridine rings is 1. The fourth-order valence-corrected chi connectivity index (χ4v) is 3.65. The van der Waals surface area contributed by atoms with E-state index in [1.54, 1.807) is 0 Å². The predicted molar refractivity (Wildman–Crippen MR) is 100 cm³/mol. The SMILES string of the molecule is CC1COCCN(c2nccc(-c3cnc4ccc(C5CC5)cn34)n2)C1. The Balaban J connectivity index is 1.52. The average Bonchev–Trinajstić information content (AvgIpc) is 3.46. The Labute approximate surface area is 152 Å². The molecule has 6 heteroatoms. The molecule has 1 saturated carbocycles. The summed E-state index contributed by atoms with van der Waals surface area (Å²) in [6.45, 7) is 5.47. The maximum atomic E-state index is 5.65. The number of hydrogen-bond acceptors (Lipinski definition) is 5. The second kappa shape index (κ2) is 6.36. The third-order valence-electron chi connectivity index (χ3n) is 5.21. The maximum Gasteiger partial charge on any atom is 0.225 e. The van der Waals surface area contributed by atoms with Gasteiger partial charge in [0.2, 0.25) is 5.95 Å². The van der Waals surface area contributed by atoms with Crippen LogP contribution in [0.1, 0.15) is 31.2 Å². The van der Waals surface area contributed by atoms with Crippen molar-refractivity contribution >= 4 is 11.6 Å². The first-order valence-corrected chi connectivity index (χ1v) is 9.41. The quantitative estimate of drug-likeness (QED) is 0.727. The summed E-state index contributed by atoms with van der Waals surface area (Å²) in [4.78, 5) is 16.1. The number of fused-ring (bicyclic) bond motifs is 1.